The molecule has 7 nitrogen and oxygen atoms in total. The molecule has 8 heteroatoms. The number of ether oxygens (including phenoxy) is 1. The predicted octanol–water partition coefficient (Wildman–Crippen LogP) is -0.364. The number of benzene rings is 1. The Morgan fingerprint density at radius 3 is 2.45 bits per heavy atom. The lowest BCUT2D eigenvalue weighted by atomic mass is 9.85. The minimum Gasteiger partial charge on any atom is -0.379 e. The largest absolute Gasteiger partial charge is 0.379 e. The first-order valence-corrected chi connectivity index (χ1v) is 7.56. The first-order valence-electron chi connectivity index (χ1n) is 6.01. The van der Waals surface area contributed by atoms with E-state index in [0.29, 0.717) is 12.3 Å². The van der Waals surface area contributed by atoms with Crippen molar-refractivity contribution in [3.8, 4) is 0 Å². The standard InChI is InChI=1S/C12H17N3O4S/c1-12(7-19-6-10(12)13)11(16)15-8-2-4-9(5-3-8)20(14,17)18/h2-5,10H,6-7,13H2,1H3,(H,15,16)(H2,14,17,18). The Bertz CT molecular complexity index is 614. The molecule has 1 saturated heterocycles. The number of amides is 1. The summed E-state index contributed by atoms with van der Waals surface area (Å²) in [6.45, 7) is 2.34. The number of hydrogen-bond acceptors (Lipinski definition) is 5. The number of primary sulfonamides is 1. The van der Waals surface area contributed by atoms with Gasteiger partial charge < -0.3 is 15.8 Å². The fourth-order valence-corrected chi connectivity index (χ4v) is 2.44. The topological polar surface area (TPSA) is 125 Å². The molecule has 0 aliphatic carbocycles. The van der Waals surface area contributed by atoms with Crippen LogP contribution in [0.1, 0.15) is 6.92 Å². The molecule has 2 rings (SSSR count). The molecule has 0 bridgehead atoms. The summed E-state index contributed by atoms with van der Waals surface area (Å²) in [5.74, 6) is -0.258. The molecule has 1 amide bonds. The summed E-state index contributed by atoms with van der Waals surface area (Å²) in [5.41, 5.74) is 5.55. The van der Waals surface area contributed by atoms with Gasteiger partial charge in [-0.1, -0.05) is 0 Å². The van der Waals surface area contributed by atoms with Gasteiger partial charge in [-0.15, -0.1) is 0 Å². The quantitative estimate of drug-likeness (QED) is 0.702. The van der Waals surface area contributed by atoms with E-state index in [-0.39, 0.29) is 23.5 Å². The zero-order chi connectivity index (χ0) is 15.0. The van der Waals surface area contributed by atoms with Crippen LogP contribution in [0, 0.1) is 5.41 Å². The highest BCUT2D eigenvalue weighted by Crippen LogP contribution is 2.28. The highest BCUT2D eigenvalue weighted by atomic mass is 32.2. The molecule has 1 heterocycles. The zero-order valence-corrected chi connectivity index (χ0v) is 11.8. The lowest BCUT2D eigenvalue weighted by Crippen LogP contribution is -2.47. The molecule has 0 aromatic heterocycles. The van der Waals surface area contributed by atoms with Gasteiger partial charge in [-0.3, -0.25) is 4.79 Å². The van der Waals surface area contributed by atoms with E-state index in [4.69, 9.17) is 15.6 Å². The third-order valence-corrected chi connectivity index (χ3v) is 4.41. The Kier molecular flexibility index (Phi) is 3.83. The maximum atomic E-state index is 12.2. The van der Waals surface area contributed by atoms with Crippen LogP contribution in [-0.2, 0) is 19.6 Å². The van der Waals surface area contributed by atoms with Crippen LogP contribution in [0.2, 0.25) is 0 Å². The Labute approximate surface area is 117 Å². The first-order chi connectivity index (χ1) is 9.23. The number of anilines is 1. The monoisotopic (exact) mass is 299 g/mol. The van der Waals surface area contributed by atoms with Crippen molar-refractivity contribution in [2.45, 2.75) is 17.9 Å². The minimum atomic E-state index is -3.74. The highest BCUT2D eigenvalue weighted by Gasteiger charge is 2.44. The molecule has 0 saturated carbocycles. The number of nitrogens with two attached hydrogens (primary N) is 2. The SMILES string of the molecule is CC1(C(=O)Nc2ccc(S(N)(=O)=O)cc2)COCC1N. The maximum Gasteiger partial charge on any atom is 0.238 e. The van der Waals surface area contributed by atoms with E-state index in [9.17, 15) is 13.2 Å². The van der Waals surface area contributed by atoms with Gasteiger partial charge in [0.15, 0.2) is 0 Å². The minimum absolute atomic E-state index is 0.0115. The molecule has 0 spiro atoms. The lowest BCUT2D eigenvalue weighted by molar-refractivity contribution is -0.125. The van der Waals surface area contributed by atoms with Gasteiger partial charge >= 0.3 is 0 Å². The Hall–Kier alpha value is -1.48. The summed E-state index contributed by atoms with van der Waals surface area (Å²) >= 11 is 0. The van der Waals surface area contributed by atoms with Crippen LogP contribution in [0.3, 0.4) is 0 Å². The third-order valence-electron chi connectivity index (χ3n) is 3.48. The number of hydrogen-bond donors (Lipinski definition) is 3. The molecule has 1 aliphatic rings. The average molecular weight is 299 g/mol. The fraction of sp³-hybridized carbons (Fsp3) is 0.417. The van der Waals surface area contributed by atoms with E-state index in [1.807, 2.05) is 0 Å². The van der Waals surface area contributed by atoms with E-state index in [1.54, 1.807) is 6.92 Å². The van der Waals surface area contributed by atoms with Crippen molar-refractivity contribution in [3.05, 3.63) is 24.3 Å². The van der Waals surface area contributed by atoms with Gasteiger partial charge in [0.25, 0.3) is 0 Å². The van der Waals surface area contributed by atoms with Crippen molar-refractivity contribution in [2.24, 2.45) is 16.3 Å². The second-order valence-corrected chi connectivity index (χ2v) is 6.62. The molecule has 2 atom stereocenters. The summed E-state index contributed by atoms with van der Waals surface area (Å²) in [4.78, 5) is 12.2. The van der Waals surface area contributed by atoms with Crippen LogP contribution >= 0.6 is 0 Å². The summed E-state index contributed by atoms with van der Waals surface area (Å²) in [6.07, 6.45) is 0. The smallest absolute Gasteiger partial charge is 0.238 e. The molecule has 5 N–H and O–H groups in total. The van der Waals surface area contributed by atoms with Crippen LogP contribution < -0.4 is 16.2 Å². The van der Waals surface area contributed by atoms with Crippen molar-refractivity contribution >= 4 is 21.6 Å². The van der Waals surface area contributed by atoms with Crippen molar-refractivity contribution in [3.63, 3.8) is 0 Å². The van der Waals surface area contributed by atoms with Gasteiger partial charge in [-0.2, -0.15) is 0 Å². The number of sulfonamides is 1. The second kappa shape index (κ2) is 5.13. The number of carbonyl (C=O) groups is 1. The normalized spacial score (nSPS) is 26.4. The first kappa shape index (κ1) is 14.9. The summed E-state index contributed by atoms with van der Waals surface area (Å²) < 4.78 is 27.5. The number of carbonyl (C=O) groups excluding carboxylic acids is 1. The average Bonchev–Trinajstić information content (AvgIpc) is 2.70. The van der Waals surface area contributed by atoms with Gasteiger partial charge in [0.05, 0.1) is 23.5 Å². The number of nitrogens with one attached hydrogen (secondary N) is 1. The molecule has 1 aliphatic heterocycles. The van der Waals surface area contributed by atoms with Gasteiger partial charge in [0.1, 0.15) is 0 Å². The molecular weight excluding hydrogens is 282 g/mol. The van der Waals surface area contributed by atoms with Crippen molar-refractivity contribution in [1.29, 1.82) is 0 Å². The molecule has 1 aromatic rings. The van der Waals surface area contributed by atoms with E-state index >= 15 is 0 Å². The van der Waals surface area contributed by atoms with Crippen LogP contribution in [0.15, 0.2) is 29.2 Å². The molecular formula is C12H17N3O4S. The van der Waals surface area contributed by atoms with E-state index in [2.05, 4.69) is 5.32 Å². The van der Waals surface area contributed by atoms with Crippen LogP contribution in [0.5, 0.6) is 0 Å². The summed E-state index contributed by atoms with van der Waals surface area (Å²) in [7, 11) is -3.74. The molecule has 1 fully saturated rings. The Morgan fingerprint density at radius 2 is 2.00 bits per heavy atom. The molecule has 1 aromatic carbocycles. The molecule has 0 radical (unpaired) electrons. The van der Waals surface area contributed by atoms with Crippen LogP contribution in [0.4, 0.5) is 5.69 Å². The third kappa shape index (κ3) is 2.83. The van der Waals surface area contributed by atoms with E-state index < -0.39 is 15.4 Å². The summed E-state index contributed by atoms with van der Waals surface area (Å²) in [5, 5.41) is 7.70. The van der Waals surface area contributed by atoms with Crippen LogP contribution in [0.25, 0.3) is 0 Å². The lowest BCUT2D eigenvalue weighted by Gasteiger charge is -2.25. The van der Waals surface area contributed by atoms with Gasteiger partial charge in [-0.25, -0.2) is 13.6 Å². The Balaban J connectivity index is 2.13. The molecule has 2 unspecified atom stereocenters. The van der Waals surface area contributed by atoms with E-state index in [0.717, 1.165) is 0 Å². The second-order valence-electron chi connectivity index (χ2n) is 5.06. The van der Waals surface area contributed by atoms with Crippen molar-refractivity contribution < 1.29 is 17.9 Å². The van der Waals surface area contributed by atoms with Gasteiger partial charge in [0, 0.05) is 11.7 Å². The van der Waals surface area contributed by atoms with E-state index in [1.165, 1.54) is 24.3 Å². The van der Waals surface area contributed by atoms with Crippen molar-refractivity contribution in [1.82, 2.24) is 0 Å². The van der Waals surface area contributed by atoms with Gasteiger partial charge in [0.2, 0.25) is 15.9 Å². The zero-order valence-electron chi connectivity index (χ0n) is 11.0. The summed E-state index contributed by atoms with van der Waals surface area (Å²) in [6, 6.07) is 5.24. The maximum absolute atomic E-state index is 12.2. The molecule has 20 heavy (non-hydrogen) atoms. The number of rotatable bonds is 3. The highest BCUT2D eigenvalue weighted by molar-refractivity contribution is 7.89. The molecule has 110 valence electrons. The van der Waals surface area contributed by atoms with Crippen LogP contribution in [-0.4, -0.2) is 33.6 Å². The predicted molar refractivity (Wildman–Crippen MR) is 73.3 cm³/mol. The Morgan fingerprint density at radius 1 is 1.40 bits per heavy atom. The van der Waals surface area contributed by atoms with Gasteiger partial charge in [-0.05, 0) is 31.2 Å². The fourth-order valence-electron chi connectivity index (χ4n) is 1.92. The van der Waals surface area contributed by atoms with Crippen molar-refractivity contribution in [2.75, 3.05) is 18.5 Å².